The second-order valence-electron chi connectivity index (χ2n) is 4.92. The van der Waals surface area contributed by atoms with Crippen LogP contribution in [0, 0.1) is 0 Å². The highest BCUT2D eigenvalue weighted by Crippen LogP contribution is 2.21. The van der Waals surface area contributed by atoms with Crippen LogP contribution in [0.4, 0.5) is 16.6 Å². The van der Waals surface area contributed by atoms with E-state index in [1.807, 2.05) is 31.2 Å². The van der Waals surface area contributed by atoms with Crippen LogP contribution in [0.25, 0.3) is 0 Å². The number of ether oxygens (including phenoxy) is 1. The van der Waals surface area contributed by atoms with Crippen LogP contribution in [0.3, 0.4) is 0 Å². The minimum atomic E-state index is -0.379. The van der Waals surface area contributed by atoms with Crippen LogP contribution >= 0.6 is 11.6 Å². The van der Waals surface area contributed by atoms with Gasteiger partial charge in [-0.05, 0) is 30.7 Å². The summed E-state index contributed by atoms with van der Waals surface area (Å²) in [6.07, 6.45) is 1.24. The van der Waals surface area contributed by atoms with Gasteiger partial charge in [0.2, 0.25) is 5.95 Å². The van der Waals surface area contributed by atoms with E-state index in [9.17, 15) is 4.79 Å². The van der Waals surface area contributed by atoms with E-state index < -0.39 is 0 Å². The van der Waals surface area contributed by atoms with Crippen LogP contribution in [0.1, 0.15) is 18.5 Å². The number of carbonyl (C=O) groups is 1. The van der Waals surface area contributed by atoms with Crippen LogP contribution in [0.5, 0.6) is 0 Å². The van der Waals surface area contributed by atoms with Crippen LogP contribution in [0.15, 0.2) is 36.5 Å². The summed E-state index contributed by atoms with van der Waals surface area (Å²) in [5, 5.41) is 3.91. The third-order valence-corrected chi connectivity index (χ3v) is 3.65. The van der Waals surface area contributed by atoms with Crippen molar-refractivity contribution in [1.29, 1.82) is 0 Å². The first kappa shape index (κ1) is 14.6. The first-order chi connectivity index (χ1) is 10.6. The predicted octanol–water partition coefficient (Wildman–Crippen LogP) is 3.26. The van der Waals surface area contributed by atoms with Gasteiger partial charge < -0.3 is 10.1 Å². The highest BCUT2D eigenvalue weighted by molar-refractivity contribution is 6.30. The van der Waals surface area contributed by atoms with Gasteiger partial charge >= 0.3 is 6.09 Å². The summed E-state index contributed by atoms with van der Waals surface area (Å²) in [4.78, 5) is 21.6. The van der Waals surface area contributed by atoms with Crippen LogP contribution in [0.2, 0.25) is 5.02 Å². The lowest BCUT2D eigenvalue weighted by Gasteiger charge is -2.16. The lowest BCUT2D eigenvalue weighted by Crippen LogP contribution is -2.25. The van der Waals surface area contributed by atoms with Gasteiger partial charge in [0.1, 0.15) is 12.4 Å². The zero-order valence-electron chi connectivity index (χ0n) is 12.0. The number of halogens is 1. The fraction of sp³-hybridized carbons (Fsp3) is 0.267. The maximum Gasteiger partial charge on any atom is 0.415 e. The Kier molecular flexibility index (Phi) is 4.11. The van der Waals surface area contributed by atoms with Crippen LogP contribution in [-0.4, -0.2) is 29.2 Å². The fourth-order valence-electron chi connectivity index (χ4n) is 2.20. The number of anilines is 2. The first-order valence-corrected chi connectivity index (χ1v) is 7.30. The number of nitrogens with one attached hydrogen (secondary N) is 1. The Morgan fingerprint density at radius 3 is 2.77 bits per heavy atom. The van der Waals surface area contributed by atoms with E-state index in [0.29, 0.717) is 29.9 Å². The van der Waals surface area contributed by atoms with E-state index in [1.54, 1.807) is 12.3 Å². The third-order valence-electron chi connectivity index (χ3n) is 3.39. The molecule has 1 atom stereocenters. The molecule has 0 saturated carbocycles. The van der Waals surface area contributed by atoms with E-state index in [0.717, 1.165) is 5.56 Å². The predicted molar refractivity (Wildman–Crippen MR) is 84.2 cm³/mol. The molecule has 1 aliphatic rings. The van der Waals surface area contributed by atoms with E-state index in [4.69, 9.17) is 16.3 Å². The summed E-state index contributed by atoms with van der Waals surface area (Å²) in [6, 6.07) is 9.27. The van der Waals surface area contributed by atoms with Gasteiger partial charge in [-0.1, -0.05) is 23.7 Å². The number of hydrogen-bond acceptors (Lipinski definition) is 5. The van der Waals surface area contributed by atoms with E-state index in [1.165, 1.54) is 4.90 Å². The quantitative estimate of drug-likeness (QED) is 0.937. The summed E-state index contributed by atoms with van der Waals surface area (Å²) < 4.78 is 4.92. The number of cyclic esters (lactones) is 1. The van der Waals surface area contributed by atoms with Gasteiger partial charge in [0.05, 0.1) is 12.6 Å². The summed E-state index contributed by atoms with van der Waals surface area (Å²) in [6.45, 7) is 2.89. The lowest BCUT2D eigenvalue weighted by molar-refractivity contribution is 0.181. The molecule has 22 heavy (non-hydrogen) atoms. The van der Waals surface area contributed by atoms with E-state index >= 15 is 0 Å². The average Bonchev–Trinajstić information content (AvgIpc) is 2.94. The van der Waals surface area contributed by atoms with Gasteiger partial charge in [0, 0.05) is 11.2 Å². The van der Waals surface area contributed by atoms with Gasteiger partial charge in [-0.25, -0.2) is 9.78 Å². The molecule has 1 saturated heterocycles. The molecular weight excluding hydrogens is 304 g/mol. The molecule has 1 amide bonds. The van der Waals surface area contributed by atoms with Crippen molar-refractivity contribution in [1.82, 2.24) is 9.97 Å². The van der Waals surface area contributed by atoms with E-state index in [-0.39, 0.29) is 12.1 Å². The number of rotatable bonds is 4. The maximum absolute atomic E-state index is 11.6. The van der Waals surface area contributed by atoms with Gasteiger partial charge in [-0.15, -0.1) is 0 Å². The number of amides is 1. The fourth-order valence-corrected chi connectivity index (χ4v) is 2.32. The molecule has 2 aromatic rings. The Morgan fingerprint density at radius 1 is 1.32 bits per heavy atom. The van der Waals surface area contributed by atoms with Crippen molar-refractivity contribution in [3.63, 3.8) is 0 Å². The number of aromatic nitrogens is 2. The largest absolute Gasteiger partial charge is 0.447 e. The van der Waals surface area contributed by atoms with Crippen molar-refractivity contribution in [3.05, 3.63) is 47.1 Å². The minimum absolute atomic E-state index is 0.0121. The molecule has 1 aromatic heterocycles. The monoisotopic (exact) mass is 318 g/mol. The topological polar surface area (TPSA) is 67.3 Å². The van der Waals surface area contributed by atoms with Crippen molar-refractivity contribution in [2.24, 2.45) is 0 Å². The van der Waals surface area contributed by atoms with Crippen LogP contribution in [-0.2, 0) is 4.74 Å². The second kappa shape index (κ2) is 6.19. The molecule has 6 nitrogen and oxygen atoms in total. The number of benzene rings is 1. The van der Waals surface area contributed by atoms with Crippen LogP contribution < -0.4 is 10.2 Å². The highest BCUT2D eigenvalue weighted by atomic mass is 35.5. The van der Waals surface area contributed by atoms with Crippen molar-refractivity contribution < 1.29 is 9.53 Å². The molecule has 1 fully saturated rings. The molecule has 114 valence electrons. The Labute approximate surface area is 133 Å². The van der Waals surface area contributed by atoms with E-state index in [2.05, 4.69) is 15.3 Å². The molecule has 1 unspecified atom stereocenters. The molecule has 1 aliphatic heterocycles. The van der Waals surface area contributed by atoms with Crippen molar-refractivity contribution in [3.8, 4) is 0 Å². The molecule has 0 spiro atoms. The number of hydrogen-bond donors (Lipinski definition) is 1. The van der Waals surface area contributed by atoms with Gasteiger partial charge in [0.15, 0.2) is 0 Å². The molecular formula is C15H15ClN4O2. The molecule has 0 aliphatic carbocycles. The highest BCUT2D eigenvalue weighted by Gasteiger charge is 2.25. The summed E-state index contributed by atoms with van der Waals surface area (Å²) in [7, 11) is 0. The molecule has 1 aromatic carbocycles. The first-order valence-electron chi connectivity index (χ1n) is 6.93. The zero-order valence-corrected chi connectivity index (χ0v) is 12.7. The van der Waals surface area contributed by atoms with Crippen molar-refractivity contribution in [2.75, 3.05) is 23.4 Å². The Bertz CT molecular complexity index is 677. The zero-order chi connectivity index (χ0) is 15.5. The normalized spacial score (nSPS) is 15.5. The summed E-state index contributed by atoms with van der Waals surface area (Å²) in [5.74, 6) is 0.989. The van der Waals surface area contributed by atoms with Crippen molar-refractivity contribution >= 4 is 29.5 Å². The molecule has 0 bridgehead atoms. The molecule has 1 N–H and O–H groups in total. The standard InChI is InChI=1S/C15H15ClN4O2/c1-10(11-2-4-12(16)5-3-11)18-14-17-7-6-13(19-14)20-8-9-22-15(20)21/h2-7,10H,8-9H2,1H3,(H,17,18,19). The number of nitrogens with zero attached hydrogens (tertiary/aromatic N) is 3. The Hall–Kier alpha value is -2.34. The summed E-state index contributed by atoms with van der Waals surface area (Å²) in [5.41, 5.74) is 1.07. The molecule has 2 heterocycles. The average molecular weight is 319 g/mol. The molecule has 3 rings (SSSR count). The second-order valence-corrected chi connectivity index (χ2v) is 5.36. The van der Waals surface area contributed by atoms with Crippen molar-refractivity contribution in [2.45, 2.75) is 13.0 Å². The minimum Gasteiger partial charge on any atom is -0.447 e. The molecule has 7 heteroatoms. The van der Waals surface area contributed by atoms with Gasteiger partial charge in [-0.3, -0.25) is 4.90 Å². The smallest absolute Gasteiger partial charge is 0.415 e. The number of carbonyl (C=O) groups excluding carboxylic acids is 1. The SMILES string of the molecule is CC(Nc1nccc(N2CCOC2=O)n1)c1ccc(Cl)cc1. The summed E-state index contributed by atoms with van der Waals surface area (Å²) >= 11 is 5.89. The van der Waals surface area contributed by atoms with Gasteiger partial charge in [-0.2, -0.15) is 4.98 Å². The lowest BCUT2D eigenvalue weighted by atomic mass is 10.1. The third kappa shape index (κ3) is 3.12. The Morgan fingerprint density at radius 2 is 2.09 bits per heavy atom. The Balaban J connectivity index is 1.75. The maximum atomic E-state index is 11.6. The van der Waals surface area contributed by atoms with Gasteiger partial charge in [0.25, 0.3) is 0 Å². The molecule has 0 radical (unpaired) electrons.